The minimum atomic E-state index is -3.68. The first-order valence-corrected chi connectivity index (χ1v) is 11.5. The van der Waals surface area contributed by atoms with Crippen molar-refractivity contribution in [2.75, 3.05) is 32.8 Å². The zero-order valence-electron chi connectivity index (χ0n) is 16.0. The second-order valence-corrected chi connectivity index (χ2v) is 9.37. The summed E-state index contributed by atoms with van der Waals surface area (Å²) in [6, 6.07) is 11.7. The van der Waals surface area contributed by atoms with Crippen molar-refractivity contribution in [2.24, 2.45) is 0 Å². The van der Waals surface area contributed by atoms with Gasteiger partial charge in [-0.25, -0.2) is 8.42 Å². The van der Waals surface area contributed by atoms with Gasteiger partial charge in [0.15, 0.2) is 0 Å². The van der Waals surface area contributed by atoms with E-state index in [1.807, 2.05) is 31.2 Å². The molecule has 1 heterocycles. The molecule has 0 unspecified atom stereocenters. The fraction of sp³-hybridized carbons (Fsp3) is 0.350. The van der Waals surface area contributed by atoms with Crippen LogP contribution in [0.1, 0.15) is 12.5 Å². The van der Waals surface area contributed by atoms with Crippen molar-refractivity contribution in [1.82, 2.24) is 9.21 Å². The first-order valence-electron chi connectivity index (χ1n) is 9.26. The Balaban J connectivity index is 1.59. The molecular weight excluding hydrogens is 435 g/mol. The van der Waals surface area contributed by atoms with Gasteiger partial charge in [-0.3, -0.25) is 4.79 Å². The van der Waals surface area contributed by atoms with Gasteiger partial charge in [0.1, 0.15) is 5.75 Å². The number of nitrogens with zero attached hydrogens (tertiary/aromatic N) is 2. The van der Waals surface area contributed by atoms with Gasteiger partial charge in [0.05, 0.1) is 28.0 Å². The Hall–Kier alpha value is -1.80. The van der Waals surface area contributed by atoms with Gasteiger partial charge in [-0.05, 0) is 42.8 Å². The van der Waals surface area contributed by atoms with Gasteiger partial charge >= 0.3 is 0 Å². The number of hydrogen-bond acceptors (Lipinski definition) is 4. The lowest BCUT2D eigenvalue weighted by molar-refractivity contribution is -0.131. The van der Waals surface area contributed by atoms with Crippen LogP contribution in [0.25, 0.3) is 0 Å². The molecule has 0 radical (unpaired) electrons. The summed E-state index contributed by atoms with van der Waals surface area (Å²) in [5.74, 6) is 0.741. The second-order valence-electron chi connectivity index (χ2n) is 6.61. The first kappa shape index (κ1) is 21.9. The van der Waals surface area contributed by atoms with Crippen LogP contribution in [0.5, 0.6) is 5.75 Å². The van der Waals surface area contributed by atoms with Crippen molar-refractivity contribution in [3.8, 4) is 5.75 Å². The minimum Gasteiger partial charge on any atom is -0.494 e. The third-order valence-corrected chi connectivity index (χ3v) is 7.34. The second kappa shape index (κ2) is 9.34. The molecule has 1 aliphatic rings. The van der Waals surface area contributed by atoms with Gasteiger partial charge in [-0.2, -0.15) is 4.31 Å². The summed E-state index contributed by atoms with van der Waals surface area (Å²) in [7, 11) is -3.68. The summed E-state index contributed by atoms with van der Waals surface area (Å²) < 4.78 is 32.4. The topological polar surface area (TPSA) is 66.9 Å². The van der Waals surface area contributed by atoms with Crippen molar-refractivity contribution in [1.29, 1.82) is 0 Å². The number of hydrogen-bond donors (Lipinski definition) is 0. The summed E-state index contributed by atoms with van der Waals surface area (Å²) in [6.07, 6.45) is 0.270. The highest BCUT2D eigenvalue weighted by Gasteiger charge is 2.30. The van der Waals surface area contributed by atoms with Gasteiger partial charge in [0, 0.05) is 26.2 Å². The van der Waals surface area contributed by atoms with Crippen LogP contribution in [0.15, 0.2) is 47.4 Å². The lowest BCUT2D eigenvalue weighted by atomic mass is 10.1. The molecule has 6 nitrogen and oxygen atoms in total. The number of rotatable bonds is 6. The van der Waals surface area contributed by atoms with Crippen LogP contribution in [0.3, 0.4) is 0 Å². The Bertz CT molecular complexity index is 972. The number of benzene rings is 2. The molecule has 1 amide bonds. The van der Waals surface area contributed by atoms with Crippen LogP contribution < -0.4 is 4.74 Å². The SMILES string of the molecule is CCOc1ccc(CC(=O)N2CCN(S(=O)(=O)c3ccc(Cl)c(Cl)c3)CC2)cc1. The molecule has 29 heavy (non-hydrogen) atoms. The van der Waals surface area contributed by atoms with Crippen molar-refractivity contribution < 1.29 is 17.9 Å². The summed E-state index contributed by atoms with van der Waals surface area (Å²) in [4.78, 5) is 14.4. The molecule has 2 aromatic rings. The van der Waals surface area contributed by atoms with Gasteiger partial charge in [0.25, 0.3) is 0 Å². The maximum Gasteiger partial charge on any atom is 0.243 e. The smallest absolute Gasteiger partial charge is 0.243 e. The van der Waals surface area contributed by atoms with E-state index in [9.17, 15) is 13.2 Å². The van der Waals surface area contributed by atoms with Crippen molar-refractivity contribution in [3.63, 3.8) is 0 Å². The molecule has 0 N–H and O–H groups in total. The molecule has 1 saturated heterocycles. The van der Waals surface area contributed by atoms with E-state index in [1.54, 1.807) is 4.90 Å². The Morgan fingerprint density at radius 1 is 1.00 bits per heavy atom. The third kappa shape index (κ3) is 5.22. The van der Waals surface area contributed by atoms with Crippen LogP contribution in [0.2, 0.25) is 10.0 Å². The lowest BCUT2D eigenvalue weighted by Gasteiger charge is -2.34. The van der Waals surface area contributed by atoms with Crippen LogP contribution in [-0.2, 0) is 21.2 Å². The number of carbonyl (C=O) groups excluding carboxylic acids is 1. The van der Waals surface area contributed by atoms with Gasteiger partial charge < -0.3 is 9.64 Å². The average Bonchev–Trinajstić information content (AvgIpc) is 2.71. The zero-order chi connectivity index (χ0) is 21.0. The molecule has 0 bridgehead atoms. The molecule has 0 aliphatic carbocycles. The fourth-order valence-electron chi connectivity index (χ4n) is 3.12. The predicted molar refractivity (Wildman–Crippen MR) is 113 cm³/mol. The van der Waals surface area contributed by atoms with E-state index in [0.717, 1.165) is 11.3 Å². The minimum absolute atomic E-state index is 0.0271. The summed E-state index contributed by atoms with van der Waals surface area (Å²) >= 11 is 11.8. The highest BCUT2D eigenvalue weighted by Crippen LogP contribution is 2.27. The van der Waals surface area contributed by atoms with Crippen LogP contribution in [0, 0.1) is 0 Å². The Morgan fingerprint density at radius 3 is 2.24 bits per heavy atom. The predicted octanol–water partition coefficient (Wildman–Crippen LogP) is 3.47. The van der Waals surface area contributed by atoms with E-state index in [2.05, 4.69) is 0 Å². The van der Waals surface area contributed by atoms with E-state index >= 15 is 0 Å². The summed E-state index contributed by atoms with van der Waals surface area (Å²) in [5, 5.41) is 0.493. The third-order valence-electron chi connectivity index (χ3n) is 4.71. The maximum absolute atomic E-state index is 12.8. The first-order chi connectivity index (χ1) is 13.8. The standard InChI is InChI=1S/C20H22Cl2N2O4S/c1-2-28-16-5-3-15(4-6-16)13-20(25)23-9-11-24(12-10-23)29(26,27)17-7-8-18(21)19(22)14-17/h3-8,14H,2,9-13H2,1H3. The Kier molecular flexibility index (Phi) is 7.05. The van der Waals surface area contributed by atoms with Gasteiger partial charge in [-0.15, -0.1) is 0 Å². The molecule has 1 fully saturated rings. The van der Waals surface area contributed by atoms with Crippen LogP contribution in [0.4, 0.5) is 0 Å². The maximum atomic E-state index is 12.8. The van der Waals surface area contributed by atoms with E-state index in [-0.39, 0.29) is 35.3 Å². The van der Waals surface area contributed by atoms with E-state index in [0.29, 0.717) is 24.7 Å². The highest BCUT2D eigenvalue weighted by molar-refractivity contribution is 7.89. The van der Waals surface area contributed by atoms with Gasteiger partial charge in [0.2, 0.25) is 15.9 Å². The molecular formula is C20H22Cl2N2O4S. The molecule has 1 aliphatic heterocycles. The fourth-order valence-corrected chi connectivity index (χ4v) is 4.93. The van der Waals surface area contributed by atoms with Crippen molar-refractivity contribution in [2.45, 2.75) is 18.2 Å². The molecule has 9 heteroatoms. The van der Waals surface area contributed by atoms with Crippen molar-refractivity contribution >= 4 is 39.1 Å². The largest absolute Gasteiger partial charge is 0.494 e. The number of halogens is 2. The Morgan fingerprint density at radius 2 is 1.66 bits per heavy atom. The molecule has 0 aromatic heterocycles. The van der Waals surface area contributed by atoms with Crippen LogP contribution in [-0.4, -0.2) is 56.3 Å². The number of piperazine rings is 1. The summed E-state index contributed by atoms with van der Waals surface area (Å²) in [6.45, 7) is 3.66. The number of ether oxygens (including phenoxy) is 1. The monoisotopic (exact) mass is 456 g/mol. The summed E-state index contributed by atoms with van der Waals surface area (Å²) in [5.41, 5.74) is 0.893. The number of carbonyl (C=O) groups is 1. The molecule has 0 atom stereocenters. The highest BCUT2D eigenvalue weighted by atomic mass is 35.5. The molecule has 3 rings (SSSR count). The molecule has 2 aromatic carbocycles. The molecule has 0 saturated carbocycles. The number of sulfonamides is 1. The van der Waals surface area contributed by atoms with E-state index < -0.39 is 10.0 Å². The molecule has 156 valence electrons. The Labute approximate surface area is 181 Å². The zero-order valence-corrected chi connectivity index (χ0v) is 18.3. The van der Waals surface area contributed by atoms with Crippen molar-refractivity contribution in [3.05, 3.63) is 58.1 Å². The van der Waals surface area contributed by atoms with E-state index in [4.69, 9.17) is 27.9 Å². The number of amides is 1. The van der Waals surface area contributed by atoms with E-state index in [1.165, 1.54) is 22.5 Å². The van der Waals surface area contributed by atoms with Crippen LogP contribution >= 0.6 is 23.2 Å². The average molecular weight is 457 g/mol. The molecule has 0 spiro atoms. The quantitative estimate of drug-likeness (QED) is 0.667. The lowest BCUT2D eigenvalue weighted by Crippen LogP contribution is -2.50. The van der Waals surface area contributed by atoms with Gasteiger partial charge in [-0.1, -0.05) is 35.3 Å². The normalized spacial score (nSPS) is 15.3.